The molecule has 3 fully saturated rings. The van der Waals surface area contributed by atoms with Crippen LogP contribution in [0.3, 0.4) is 0 Å². The van der Waals surface area contributed by atoms with Gasteiger partial charge in [0.05, 0.1) is 24.2 Å². The number of ether oxygens (including phenoxy) is 2. The molecule has 0 unspecified atom stereocenters. The largest absolute Gasteiger partial charge is 0.390 e. The first-order chi connectivity index (χ1) is 13.9. The van der Waals surface area contributed by atoms with Crippen molar-refractivity contribution in [3.8, 4) is 0 Å². The van der Waals surface area contributed by atoms with Gasteiger partial charge in [0.25, 0.3) is 0 Å². The van der Waals surface area contributed by atoms with Crippen molar-refractivity contribution in [2.24, 2.45) is 5.92 Å². The number of rotatable bonds is 11. The SMILES string of the molecule is CCCCCCCCCC=CC(=O)N[C@H]1C[C@@]2(O)C(=O)[C@@H]([C@H]1O)[C@H](OC)[C@@H]1O[C@@H]12. The second-order valence-electron chi connectivity index (χ2n) is 8.66. The van der Waals surface area contributed by atoms with Crippen LogP contribution in [0.1, 0.15) is 64.7 Å². The molecule has 2 aliphatic carbocycles. The number of ketones is 1. The number of allylic oxidation sites excluding steroid dienone is 1. The summed E-state index contributed by atoms with van der Waals surface area (Å²) in [4.78, 5) is 24.9. The molecule has 7 atom stereocenters. The maximum Gasteiger partial charge on any atom is 0.243 e. The van der Waals surface area contributed by atoms with E-state index in [0.29, 0.717) is 0 Å². The summed E-state index contributed by atoms with van der Waals surface area (Å²) in [6.45, 7) is 2.21. The quantitative estimate of drug-likeness (QED) is 0.272. The van der Waals surface area contributed by atoms with Crippen LogP contribution in [0.2, 0.25) is 0 Å². The summed E-state index contributed by atoms with van der Waals surface area (Å²) in [5.74, 6) is -1.67. The first kappa shape index (κ1) is 22.4. The number of carbonyl (C=O) groups is 2. The highest BCUT2D eigenvalue weighted by Gasteiger charge is 2.72. The highest BCUT2D eigenvalue weighted by molar-refractivity contribution is 5.95. The van der Waals surface area contributed by atoms with Crippen LogP contribution < -0.4 is 5.32 Å². The van der Waals surface area contributed by atoms with Gasteiger partial charge in [-0.05, 0) is 18.9 Å². The zero-order valence-corrected chi connectivity index (χ0v) is 17.5. The van der Waals surface area contributed by atoms with Gasteiger partial charge in [-0.15, -0.1) is 0 Å². The summed E-state index contributed by atoms with van der Waals surface area (Å²) in [7, 11) is 1.46. The molecule has 3 N–H and O–H groups in total. The van der Waals surface area contributed by atoms with Crippen molar-refractivity contribution in [2.75, 3.05) is 7.11 Å². The van der Waals surface area contributed by atoms with E-state index < -0.39 is 41.7 Å². The van der Waals surface area contributed by atoms with Crippen molar-refractivity contribution in [1.29, 1.82) is 0 Å². The summed E-state index contributed by atoms with van der Waals surface area (Å²) in [6, 6.07) is -0.721. The van der Waals surface area contributed by atoms with Crippen LogP contribution in [0.5, 0.6) is 0 Å². The first-order valence-electron chi connectivity index (χ1n) is 11.0. The molecule has 0 aromatic heterocycles. The standard InChI is InChI=1S/C22H35NO6/c1-3-4-5-6-7-8-9-10-11-12-15(24)23-14-13-22(27)20(26)16(17(14)25)18(28-2)19-21(22)29-19/h11-12,14,16-19,21,25,27H,3-10,13H2,1-2H3,(H,23,24)/t14-,16-,17-,18-,19-,21-,22+/m0/s1. The number of amides is 1. The first-order valence-corrected chi connectivity index (χ1v) is 11.0. The number of fused-ring (bicyclic) bond motifs is 4. The van der Waals surface area contributed by atoms with Crippen molar-refractivity contribution in [3.63, 3.8) is 0 Å². The topological polar surface area (TPSA) is 108 Å². The normalized spacial score (nSPS) is 38.1. The van der Waals surface area contributed by atoms with Gasteiger partial charge in [-0.1, -0.05) is 51.5 Å². The summed E-state index contributed by atoms with van der Waals surface area (Å²) in [5.41, 5.74) is -1.66. The zero-order valence-electron chi connectivity index (χ0n) is 17.5. The van der Waals surface area contributed by atoms with Crippen molar-refractivity contribution in [2.45, 2.75) is 101 Å². The van der Waals surface area contributed by atoms with Crippen LogP contribution >= 0.6 is 0 Å². The third-order valence-corrected chi connectivity index (χ3v) is 6.56. The fourth-order valence-electron chi connectivity index (χ4n) is 4.87. The number of aliphatic hydroxyl groups is 2. The van der Waals surface area contributed by atoms with Gasteiger partial charge >= 0.3 is 0 Å². The number of hydrogen-bond acceptors (Lipinski definition) is 6. The summed E-state index contributed by atoms with van der Waals surface area (Å²) >= 11 is 0. The van der Waals surface area contributed by atoms with Gasteiger partial charge in [-0.25, -0.2) is 0 Å². The van der Waals surface area contributed by atoms with E-state index in [1.807, 2.05) is 6.08 Å². The number of epoxide rings is 1. The summed E-state index contributed by atoms with van der Waals surface area (Å²) in [6.07, 6.45) is 9.97. The summed E-state index contributed by atoms with van der Waals surface area (Å²) in [5, 5.41) is 24.3. The lowest BCUT2D eigenvalue weighted by atomic mass is 9.63. The molecule has 7 nitrogen and oxygen atoms in total. The number of hydrogen-bond donors (Lipinski definition) is 3. The van der Waals surface area contributed by atoms with E-state index in [4.69, 9.17) is 9.47 Å². The second kappa shape index (κ2) is 9.69. The average Bonchev–Trinajstić information content (AvgIpc) is 3.49. The molecule has 7 heteroatoms. The number of methoxy groups -OCH3 is 1. The molecule has 1 amide bonds. The Kier molecular flexibility index (Phi) is 7.48. The number of nitrogens with one attached hydrogen (secondary N) is 1. The Bertz CT molecular complexity index is 622. The van der Waals surface area contributed by atoms with Crippen LogP contribution in [-0.2, 0) is 19.1 Å². The molecule has 0 spiro atoms. The Labute approximate surface area is 172 Å². The van der Waals surface area contributed by atoms with Gasteiger partial charge in [-0.2, -0.15) is 0 Å². The molecule has 3 aliphatic rings. The van der Waals surface area contributed by atoms with E-state index in [1.165, 1.54) is 45.3 Å². The molecule has 3 rings (SSSR count). The maximum atomic E-state index is 12.6. The summed E-state index contributed by atoms with van der Waals surface area (Å²) < 4.78 is 10.8. The van der Waals surface area contributed by atoms with Gasteiger partial charge < -0.3 is 25.0 Å². The lowest BCUT2D eigenvalue weighted by molar-refractivity contribution is -0.173. The Morgan fingerprint density at radius 1 is 1.28 bits per heavy atom. The fraction of sp³-hybridized carbons (Fsp3) is 0.818. The van der Waals surface area contributed by atoms with E-state index in [0.717, 1.165) is 19.3 Å². The number of unbranched alkanes of at least 4 members (excludes halogenated alkanes) is 7. The lowest BCUT2D eigenvalue weighted by Crippen LogP contribution is -2.69. The molecular formula is C22H35NO6. The highest BCUT2D eigenvalue weighted by Crippen LogP contribution is 2.51. The Hall–Kier alpha value is -1.28. The molecular weight excluding hydrogens is 374 g/mol. The number of aliphatic hydroxyl groups excluding tert-OH is 1. The number of Topliss-reactive ketones (excluding diaryl/α,β-unsaturated/α-hetero) is 1. The zero-order chi connectivity index (χ0) is 21.0. The highest BCUT2D eigenvalue weighted by atomic mass is 16.6. The average molecular weight is 410 g/mol. The van der Waals surface area contributed by atoms with Gasteiger partial charge in [0.2, 0.25) is 5.91 Å². The molecule has 0 aromatic carbocycles. The molecule has 1 heterocycles. The van der Waals surface area contributed by atoms with E-state index >= 15 is 0 Å². The minimum absolute atomic E-state index is 0.0432. The van der Waals surface area contributed by atoms with E-state index in [-0.39, 0.29) is 18.4 Å². The minimum atomic E-state index is -1.66. The van der Waals surface area contributed by atoms with Gasteiger partial charge in [0.15, 0.2) is 11.4 Å². The number of carbonyl (C=O) groups excluding carboxylic acids is 2. The maximum absolute atomic E-state index is 12.6. The van der Waals surface area contributed by atoms with Crippen molar-refractivity contribution in [3.05, 3.63) is 12.2 Å². The van der Waals surface area contributed by atoms with Crippen molar-refractivity contribution < 1.29 is 29.3 Å². The Morgan fingerprint density at radius 3 is 2.66 bits per heavy atom. The smallest absolute Gasteiger partial charge is 0.243 e. The van der Waals surface area contributed by atoms with Crippen LogP contribution in [0.25, 0.3) is 0 Å². The molecule has 0 aromatic rings. The van der Waals surface area contributed by atoms with E-state index in [9.17, 15) is 19.8 Å². The van der Waals surface area contributed by atoms with Crippen LogP contribution in [0.15, 0.2) is 12.2 Å². The molecule has 2 bridgehead atoms. The molecule has 1 saturated heterocycles. The van der Waals surface area contributed by atoms with Crippen LogP contribution in [0.4, 0.5) is 0 Å². The Morgan fingerprint density at radius 2 is 1.97 bits per heavy atom. The molecule has 164 valence electrons. The van der Waals surface area contributed by atoms with Crippen molar-refractivity contribution in [1.82, 2.24) is 5.32 Å². The van der Waals surface area contributed by atoms with E-state index in [2.05, 4.69) is 12.2 Å². The van der Waals surface area contributed by atoms with Gasteiger partial charge in [0, 0.05) is 13.5 Å². The monoisotopic (exact) mass is 409 g/mol. The van der Waals surface area contributed by atoms with Crippen LogP contribution in [0, 0.1) is 5.92 Å². The molecule has 29 heavy (non-hydrogen) atoms. The van der Waals surface area contributed by atoms with Gasteiger partial charge in [0.1, 0.15) is 12.2 Å². The third-order valence-electron chi connectivity index (χ3n) is 6.56. The molecule has 0 radical (unpaired) electrons. The van der Waals surface area contributed by atoms with Crippen LogP contribution in [-0.4, -0.2) is 65.1 Å². The fourth-order valence-corrected chi connectivity index (χ4v) is 4.87. The Balaban J connectivity index is 1.45. The molecule has 2 saturated carbocycles. The lowest BCUT2D eigenvalue weighted by Gasteiger charge is -2.46. The van der Waals surface area contributed by atoms with E-state index in [1.54, 1.807) is 0 Å². The minimum Gasteiger partial charge on any atom is -0.390 e. The predicted octanol–water partition coefficient (Wildman–Crippen LogP) is 1.65. The predicted molar refractivity (Wildman–Crippen MR) is 107 cm³/mol. The third kappa shape index (κ3) is 4.74. The second-order valence-corrected chi connectivity index (χ2v) is 8.66. The molecule has 1 aliphatic heterocycles. The van der Waals surface area contributed by atoms with Gasteiger partial charge in [-0.3, -0.25) is 9.59 Å². The van der Waals surface area contributed by atoms with Crippen molar-refractivity contribution >= 4 is 11.7 Å².